The second kappa shape index (κ2) is 5.39. The van der Waals surface area contributed by atoms with Gasteiger partial charge in [0.15, 0.2) is 5.82 Å². The number of halogens is 4. The third-order valence-electron chi connectivity index (χ3n) is 2.38. The number of aromatic nitrogens is 2. The number of hydrogen-bond acceptors (Lipinski definition) is 2. The van der Waals surface area contributed by atoms with Gasteiger partial charge in [-0.15, -0.1) is 0 Å². The Morgan fingerprint density at radius 3 is 2.17 bits per heavy atom. The molecule has 0 aliphatic rings. The van der Waals surface area contributed by atoms with Crippen molar-refractivity contribution in [2.75, 3.05) is 0 Å². The molecule has 18 heavy (non-hydrogen) atoms. The van der Waals surface area contributed by atoms with Gasteiger partial charge in [0.25, 0.3) is 0 Å². The summed E-state index contributed by atoms with van der Waals surface area (Å²) in [6.07, 6.45) is 0.627. The predicted octanol–water partition coefficient (Wildman–Crippen LogP) is 4.81. The monoisotopic (exact) mass is 304 g/mol. The lowest BCUT2D eigenvalue weighted by molar-refractivity contribution is 0.628. The van der Waals surface area contributed by atoms with Gasteiger partial charge in [0.2, 0.25) is 0 Å². The largest absolute Gasteiger partial charge is 0.216 e. The Kier molecular flexibility index (Phi) is 4.05. The summed E-state index contributed by atoms with van der Waals surface area (Å²) in [6, 6.07) is 4.03. The third kappa shape index (κ3) is 2.74. The van der Waals surface area contributed by atoms with E-state index in [1.807, 2.05) is 6.92 Å². The van der Waals surface area contributed by atoms with Gasteiger partial charge in [-0.05, 0) is 24.6 Å². The van der Waals surface area contributed by atoms with Crippen LogP contribution in [-0.2, 0) is 6.42 Å². The molecule has 6 heteroatoms. The zero-order valence-corrected chi connectivity index (χ0v) is 11.6. The Labute approximate surface area is 119 Å². The van der Waals surface area contributed by atoms with Crippen molar-refractivity contribution in [2.45, 2.75) is 13.3 Å². The molecule has 0 fully saturated rings. The molecule has 0 aliphatic carbocycles. The van der Waals surface area contributed by atoms with Crippen LogP contribution in [0.1, 0.15) is 12.5 Å². The van der Waals surface area contributed by atoms with Crippen LogP contribution in [0.5, 0.6) is 0 Å². The van der Waals surface area contributed by atoms with Crippen LogP contribution in [-0.4, -0.2) is 9.97 Å². The standard InChI is InChI=1S/C12H8Cl3FN2/c1-2-9-10(14)17-12(18-11(9)15)6-3-7(13)5-8(16)4-6/h3-5H,2H2,1H3. The topological polar surface area (TPSA) is 25.8 Å². The van der Waals surface area contributed by atoms with Crippen LogP contribution in [0.25, 0.3) is 11.4 Å². The molecule has 2 nitrogen and oxygen atoms in total. The van der Waals surface area contributed by atoms with Crippen LogP contribution < -0.4 is 0 Å². The number of rotatable bonds is 2. The van der Waals surface area contributed by atoms with Crippen LogP contribution in [0.3, 0.4) is 0 Å². The van der Waals surface area contributed by atoms with Crippen LogP contribution in [0.15, 0.2) is 18.2 Å². The van der Waals surface area contributed by atoms with Crippen molar-refractivity contribution >= 4 is 34.8 Å². The summed E-state index contributed by atoms with van der Waals surface area (Å²) in [4.78, 5) is 8.20. The van der Waals surface area contributed by atoms with E-state index in [0.29, 0.717) is 17.5 Å². The van der Waals surface area contributed by atoms with Gasteiger partial charge in [0.05, 0.1) is 0 Å². The Morgan fingerprint density at radius 1 is 1.06 bits per heavy atom. The Morgan fingerprint density at radius 2 is 1.67 bits per heavy atom. The van der Waals surface area contributed by atoms with Crippen molar-refractivity contribution in [1.29, 1.82) is 0 Å². The van der Waals surface area contributed by atoms with Crippen LogP contribution >= 0.6 is 34.8 Å². The van der Waals surface area contributed by atoms with Crippen LogP contribution in [0.2, 0.25) is 15.3 Å². The van der Waals surface area contributed by atoms with E-state index in [0.717, 1.165) is 0 Å². The minimum Gasteiger partial charge on any atom is -0.216 e. The zero-order valence-electron chi connectivity index (χ0n) is 9.35. The first-order chi connectivity index (χ1) is 8.51. The van der Waals surface area contributed by atoms with Gasteiger partial charge in [-0.3, -0.25) is 0 Å². The Balaban J connectivity index is 2.58. The van der Waals surface area contributed by atoms with E-state index in [-0.39, 0.29) is 21.2 Å². The Bertz CT molecular complexity index is 559. The van der Waals surface area contributed by atoms with Gasteiger partial charge in [-0.1, -0.05) is 41.7 Å². The first-order valence-electron chi connectivity index (χ1n) is 5.19. The SMILES string of the molecule is CCc1c(Cl)nc(-c2cc(F)cc(Cl)c2)nc1Cl. The van der Waals surface area contributed by atoms with E-state index in [9.17, 15) is 4.39 Å². The lowest BCUT2D eigenvalue weighted by Crippen LogP contribution is -1.97. The minimum absolute atomic E-state index is 0.253. The zero-order chi connectivity index (χ0) is 13.3. The molecule has 0 aliphatic heterocycles. The van der Waals surface area contributed by atoms with Gasteiger partial charge in [-0.2, -0.15) is 0 Å². The average Bonchev–Trinajstić information content (AvgIpc) is 2.27. The lowest BCUT2D eigenvalue weighted by Gasteiger charge is -2.07. The first-order valence-corrected chi connectivity index (χ1v) is 6.33. The molecule has 0 atom stereocenters. The second-order valence-corrected chi connectivity index (χ2v) is 4.77. The van der Waals surface area contributed by atoms with Gasteiger partial charge in [0.1, 0.15) is 16.1 Å². The summed E-state index contributed by atoms with van der Waals surface area (Å²) < 4.78 is 13.3. The molecule has 0 N–H and O–H groups in total. The van der Waals surface area contributed by atoms with E-state index in [1.54, 1.807) is 6.07 Å². The molecule has 0 unspecified atom stereocenters. The second-order valence-electron chi connectivity index (χ2n) is 3.62. The molecular weight excluding hydrogens is 298 g/mol. The molecule has 2 rings (SSSR count). The molecule has 1 heterocycles. The van der Waals surface area contributed by atoms with E-state index in [2.05, 4.69) is 9.97 Å². The average molecular weight is 306 g/mol. The summed E-state index contributed by atoms with van der Waals surface area (Å²) in [6.45, 7) is 1.90. The number of nitrogens with zero attached hydrogens (tertiary/aromatic N) is 2. The van der Waals surface area contributed by atoms with Gasteiger partial charge >= 0.3 is 0 Å². The minimum atomic E-state index is -0.465. The molecule has 0 amide bonds. The van der Waals surface area contributed by atoms with Crippen molar-refractivity contribution < 1.29 is 4.39 Å². The predicted molar refractivity (Wildman–Crippen MR) is 71.8 cm³/mol. The maximum absolute atomic E-state index is 13.3. The summed E-state index contributed by atoms with van der Waals surface area (Å²) in [5.74, 6) is -0.212. The van der Waals surface area contributed by atoms with Gasteiger partial charge in [-0.25, -0.2) is 14.4 Å². The van der Waals surface area contributed by atoms with E-state index in [4.69, 9.17) is 34.8 Å². The highest BCUT2D eigenvalue weighted by molar-refractivity contribution is 6.34. The van der Waals surface area contributed by atoms with E-state index >= 15 is 0 Å². The van der Waals surface area contributed by atoms with Crippen molar-refractivity contribution in [3.8, 4) is 11.4 Å². The van der Waals surface area contributed by atoms with Crippen molar-refractivity contribution in [1.82, 2.24) is 9.97 Å². The molecule has 2 aromatic rings. The molecule has 0 radical (unpaired) electrons. The smallest absolute Gasteiger partial charge is 0.162 e. The fourth-order valence-corrected chi connectivity index (χ4v) is 2.41. The van der Waals surface area contributed by atoms with Crippen molar-refractivity contribution in [3.05, 3.63) is 44.9 Å². The Hall–Kier alpha value is -0.900. The summed E-state index contributed by atoms with van der Waals surface area (Å²) in [7, 11) is 0. The summed E-state index contributed by atoms with van der Waals surface area (Å²) in [5.41, 5.74) is 1.11. The van der Waals surface area contributed by atoms with E-state index < -0.39 is 5.82 Å². The first kappa shape index (κ1) is 13.5. The van der Waals surface area contributed by atoms with E-state index in [1.165, 1.54) is 12.1 Å². The molecule has 0 saturated carbocycles. The highest BCUT2D eigenvalue weighted by Gasteiger charge is 2.12. The molecule has 94 valence electrons. The lowest BCUT2D eigenvalue weighted by atomic mass is 10.2. The molecular formula is C12H8Cl3FN2. The normalized spacial score (nSPS) is 10.7. The fraction of sp³-hybridized carbons (Fsp3) is 0.167. The molecule has 1 aromatic carbocycles. The highest BCUT2D eigenvalue weighted by atomic mass is 35.5. The molecule has 0 bridgehead atoms. The fourth-order valence-electron chi connectivity index (χ4n) is 1.53. The highest BCUT2D eigenvalue weighted by Crippen LogP contribution is 2.27. The van der Waals surface area contributed by atoms with Crippen LogP contribution in [0.4, 0.5) is 4.39 Å². The third-order valence-corrected chi connectivity index (χ3v) is 3.22. The van der Waals surface area contributed by atoms with Crippen molar-refractivity contribution in [2.24, 2.45) is 0 Å². The number of hydrogen-bond donors (Lipinski definition) is 0. The molecule has 1 aromatic heterocycles. The maximum Gasteiger partial charge on any atom is 0.162 e. The summed E-state index contributed by atoms with van der Waals surface area (Å²) in [5, 5.41) is 0.807. The van der Waals surface area contributed by atoms with Crippen molar-refractivity contribution in [3.63, 3.8) is 0 Å². The maximum atomic E-state index is 13.3. The van der Waals surface area contributed by atoms with Gasteiger partial charge < -0.3 is 0 Å². The van der Waals surface area contributed by atoms with Crippen LogP contribution in [0, 0.1) is 5.82 Å². The van der Waals surface area contributed by atoms with Gasteiger partial charge in [0, 0.05) is 16.1 Å². The number of benzene rings is 1. The molecule has 0 spiro atoms. The summed E-state index contributed by atoms with van der Waals surface area (Å²) >= 11 is 17.8. The molecule has 0 saturated heterocycles. The quantitative estimate of drug-likeness (QED) is 0.744.